The lowest BCUT2D eigenvalue weighted by molar-refractivity contribution is -0.135. The molecule has 3 rings (SSSR count). The number of aromatic nitrogens is 2. The van der Waals surface area contributed by atoms with E-state index in [0.29, 0.717) is 42.1 Å². The van der Waals surface area contributed by atoms with Crippen molar-refractivity contribution in [2.45, 2.75) is 45.4 Å². The molecule has 0 saturated carbocycles. The van der Waals surface area contributed by atoms with Crippen LogP contribution in [0.2, 0.25) is 0 Å². The summed E-state index contributed by atoms with van der Waals surface area (Å²) in [5.41, 5.74) is 1.50. The average Bonchev–Trinajstić information content (AvgIpc) is 3.00. The first kappa shape index (κ1) is 23.7. The van der Waals surface area contributed by atoms with Gasteiger partial charge in [0.25, 0.3) is 0 Å². The van der Waals surface area contributed by atoms with E-state index in [2.05, 4.69) is 17.2 Å². The molecule has 32 heavy (non-hydrogen) atoms. The lowest BCUT2D eigenvalue weighted by atomic mass is 10.1. The molecule has 1 aromatic carbocycles. The van der Waals surface area contributed by atoms with E-state index in [4.69, 9.17) is 9.47 Å². The number of aliphatic hydroxyl groups is 1. The molecule has 0 bridgehead atoms. The number of aliphatic hydroxyl groups excluding tert-OH is 1. The molecular weight excluding hydrogens is 414 g/mol. The van der Waals surface area contributed by atoms with Gasteiger partial charge >= 0.3 is 5.69 Å². The first-order valence-electron chi connectivity index (χ1n) is 10.7. The van der Waals surface area contributed by atoms with Crippen molar-refractivity contribution in [2.24, 2.45) is 13.0 Å². The largest absolute Gasteiger partial charge is 0.369 e. The van der Waals surface area contributed by atoms with Crippen molar-refractivity contribution in [1.82, 2.24) is 14.5 Å². The maximum atomic E-state index is 12.9. The highest BCUT2D eigenvalue weighted by molar-refractivity contribution is 6.00. The van der Waals surface area contributed by atoms with Crippen molar-refractivity contribution >= 4 is 22.8 Å². The minimum atomic E-state index is -0.860. The summed E-state index contributed by atoms with van der Waals surface area (Å²) >= 11 is 0. The second-order valence-corrected chi connectivity index (χ2v) is 8.18. The third kappa shape index (κ3) is 5.46. The van der Waals surface area contributed by atoms with Crippen LogP contribution in [0.25, 0.3) is 11.0 Å². The van der Waals surface area contributed by atoms with Crippen LogP contribution >= 0.6 is 0 Å². The highest BCUT2D eigenvalue weighted by atomic mass is 16.6. The Labute approximate surface area is 186 Å². The van der Waals surface area contributed by atoms with Crippen molar-refractivity contribution < 1.29 is 24.2 Å². The summed E-state index contributed by atoms with van der Waals surface area (Å²) in [6, 6.07) is 4.60. The van der Waals surface area contributed by atoms with E-state index >= 15 is 0 Å². The number of carbonyl (C=O) groups is 2. The van der Waals surface area contributed by atoms with Gasteiger partial charge in [-0.15, -0.1) is 0 Å². The topological polar surface area (TPSA) is 112 Å². The van der Waals surface area contributed by atoms with Gasteiger partial charge in [-0.05, 0) is 24.5 Å². The monoisotopic (exact) mass is 443 g/mol. The number of imide groups is 1. The molecule has 2 heterocycles. The number of imidazole rings is 1. The number of aryl methyl sites for hydroxylation is 1. The number of rotatable bonds is 8. The Bertz CT molecular complexity index is 1100. The maximum Gasteiger partial charge on any atom is 0.329 e. The second-order valence-electron chi connectivity index (χ2n) is 8.18. The zero-order chi connectivity index (χ0) is 23.3. The summed E-state index contributed by atoms with van der Waals surface area (Å²) in [6.45, 7) is 4.97. The standard InChI is InChI=1S/C23H29N3O6/c1-15(2)14-32-20(28)11-13-31-12-5-7-16-6-4-8-17-21(16)25(3)23(30)26(17)18-9-10-19(27)24-22(18)29/h4,6,8,15,18,20,28H,9-14H2,1-3H3,(H,24,27,29). The van der Waals surface area contributed by atoms with E-state index in [1.165, 1.54) is 9.13 Å². The van der Waals surface area contributed by atoms with Gasteiger partial charge < -0.3 is 14.6 Å². The summed E-state index contributed by atoms with van der Waals surface area (Å²) in [6.07, 6.45) is -0.0403. The fourth-order valence-corrected chi connectivity index (χ4v) is 3.59. The lowest BCUT2D eigenvalue weighted by Gasteiger charge is -2.21. The molecule has 1 aliphatic rings. The molecule has 1 aromatic heterocycles. The molecule has 2 unspecified atom stereocenters. The molecule has 1 saturated heterocycles. The van der Waals surface area contributed by atoms with Crippen molar-refractivity contribution in [3.63, 3.8) is 0 Å². The van der Waals surface area contributed by atoms with Crippen molar-refractivity contribution in [2.75, 3.05) is 19.8 Å². The predicted molar refractivity (Wildman–Crippen MR) is 118 cm³/mol. The molecule has 1 aliphatic heterocycles. The van der Waals surface area contributed by atoms with Crippen LogP contribution in [0.5, 0.6) is 0 Å². The highest BCUT2D eigenvalue weighted by Crippen LogP contribution is 2.24. The summed E-state index contributed by atoms with van der Waals surface area (Å²) in [5, 5.41) is 12.0. The first-order chi connectivity index (χ1) is 15.3. The molecule has 9 nitrogen and oxygen atoms in total. The van der Waals surface area contributed by atoms with Gasteiger partial charge in [0.2, 0.25) is 11.8 Å². The Balaban J connectivity index is 1.70. The summed E-state index contributed by atoms with van der Waals surface area (Å²) in [5.74, 6) is 5.49. The predicted octanol–water partition coefficient (Wildman–Crippen LogP) is 1.07. The number of nitrogens with one attached hydrogen (secondary N) is 1. The van der Waals surface area contributed by atoms with E-state index in [9.17, 15) is 19.5 Å². The van der Waals surface area contributed by atoms with E-state index in [-0.39, 0.29) is 31.0 Å². The van der Waals surface area contributed by atoms with Crippen LogP contribution in [0, 0.1) is 17.8 Å². The average molecular weight is 444 g/mol. The van der Waals surface area contributed by atoms with Gasteiger partial charge in [0.05, 0.1) is 29.8 Å². The van der Waals surface area contributed by atoms with Gasteiger partial charge in [-0.2, -0.15) is 0 Å². The number of fused-ring (bicyclic) bond motifs is 1. The van der Waals surface area contributed by atoms with E-state index in [0.717, 1.165) is 0 Å². The molecule has 0 radical (unpaired) electrons. The zero-order valence-electron chi connectivity index (χ0n) is 18.6. The number of hydrogen-bond acceptors (Lipinski definition) is 6. The van der Waals surface area contributed by atoms with Crippen molar-refractivity contribution in [3.8, 4) is 11.8 Å². The summed E-state index contributed by atoms with van der Waals surface area (Å²) in [7, 11) is 1.63. The van der Waals surface area contributed by atoms with Gasteiger partial charge in [-0.1, -0.05) is 31.8 Å². The Morgan fingerprint density at radius 3 is 2.78 bits per heavy atom. The Morgan fingerprint density at radius 2 is 2.06 bits per heavy atom. The number of amides is 2. The Kier molecular flexibility index (Phi) is 7.85. The minimum Gasteiger partial charge on any atom is -0.369 e. The number of benzene rings is 1. The minimum absolute atomic E-state index is 0.162. The van der Waals surface area contributed by atoms with Crippen LogP contribution in [-0.2, 0) is 26.1 Å². The zero-order valence-corrected chi connectivity index (χ0v) is 18.6. The quantitative estimate of drug-likeness (QED) is 0.273. The van der Waals surface area contributed by atoms with Gasteiger partial charge in [0.1, 0.15) is 12.6 Å². The van der Waals surface area contributed by atoms with Gasteiger partial charge in [0.15, 0.2) is 6.29 Å². The van der Waals surface area contributed by atoms with Crippen LogP contribution in [0.3, 0.4) is 0 Å². The number of para-hydroxylation sites is 1. The van der Waals surface area contributed by atoms with Gasteiger partial charge in [-0.3, -0.25) is 24.0 Å². The third-order valence-electron chi connectivity index (χ3n) is 5.15. The van der Waals surface area contributed by atoms with Crippen LogP contribution in [0.15, 0.2) is 23.0 Å². The molecule has 172 valence electrons. The number of nitrogens with zero attached hydrogens (tertiary/aromatic N) is 2. The molecule has 2 amide bonds. The molecular formula is C23H29N3O6. The van der Waals surface area contributed by atoms with E-state index in [1.807, 2.05) is 13.8 Å². The van der Waals surface area contributed by atoms with Crippen LogP contribution in [-0.4, -0.2) is 52.2 Å². The molecule has 0 aliphatic carbocycles. The smallest absolute Gasteiger partial charge is 0.329 e. The van der Waals surface area contributed by atoms with Gasteiger partial charge in [-0.25, -0.2) is 4.79 Å². The van der Waals surface area contributed by atoms with Gasteiger partial charge in [0, 0.05) is 19.9 Å². The molecule has 2 aromatic rings. The maximum absolute atomic E-state index is 12.9. The number of hydrogen-bond donors (Lipinski definition) is 2. The van der Waals surface area contributed by atoms with Crippen molar-refractivity contribution in [3.05, 3.63) is 34.2 Å². The number of ether oxygens (including phenoxy) is 2. The highest BCUT2D eigenvalue weighted by Gasteiger charge is 2.31. The van der Waals surface area contributed by atoms with E-state index < -0.39 is 18.2 Å². The lowest BCUT2D eigenvalue weighted by Crippen LogP contribution is -2.44. The molecule has 2 N–H and O–H groups in total. The first-order valence-corrected chi connectivity index (χ1v) is 10.7. The number of carbonyl (C=O) groups excluding carboxylic acids is 2. The van der Waals surface area contributed by atoms with E-state index in [1.54, 1.807) is 25.2 Å². The fraction of sp³-hybridized carbons (Fsp3) is 0.522. The normalized spacial score (nSPS) is 17.3. The SMILES string of the molecule is CC(C)COC(O)CCOCC#Cc1cccc2c1n(C)c(=O)n2C1CCC(=O)NC1=O. The van der Waals surface area contributed by atoms with Crippen LogP contribution in [0.1, 0.15) is 44.7 Å². The molecule has 0 spiro atoms. The Hall–Kier alpha value is -2.93. The number of piperidine rings is 1. The summed E-state index contributed by atoms with van der Waals surface area (Å²) in [4.78, 5) is 36.7. The fourth-order valence-electron chi connectivity index (χ4n) is 3.59. The Morgan fingerprint density at radius 1 is 1.28 bits per heavy atom. The molecule has 1 fully saturated rings. The van der Waals surface area contributed by atoms with Crippen LogP contribution in [0.4, 0.5) is 0 Å². The second kappa shape index (κ2) is 10.6. The van der Waals surface area contributed by atoms with Crippen molar-refractivity contribution in [1.29, 1.82) is 0 Å². The summed E-state index contributed by atoms with van der Waals surface area (Å²) < 4.78 is 13.6. The van der Waals surface area contributed by atoms with Crippen LogP contribution < -0.4 is 11.0 Å². The molecule has 9 heteroatoms. The molecule has 2 atom stereocenters. The third-order valence-corrected chi connectivity index (χ3v) is 5.15.